The molecular formula is C23H24N4O. The average molecular weight is 372 g/mol. The molecule has 1 fully saturated rings. The summed E-state index contributed by atoms with van der Waals surface area (Å²) in [6.45, 7) is 3.63. The average Bonchev–Trinajstić information content (AvgIpc) is 2.74. The molecule has 5 nitrogen and oxygen atoms in total. The number of aromatic nitrogens is 2. The van der Waals surface area contributed by atoms with Gasteiger partial charge in [0.1, 0.15) is 11.4 Å². The van der Waals surface area contributed by atoms with E-state index in [0.717, 1.165) is 42.7 Å². The van der Waals surface area contributed by atoms with Gasteiger partial charge in [0.2, 0.25) is 0 Å². The number of carbonyl (C=O) groups is 1. The van der Waals surface area contributed by atoms with E-state index in [0.29, 0.717) is 17.2 Å². The topological polar surface area (TPSA) is 58.1 Å². The van der Waals surface area contributed by atoms with Crippen molar-refractivity contribution in [2.75, 3.05) is 18.4 Å². The molecule has 1 saturated heterocycles. The first-order valence-electron chi connectivity index (χ1n) is 9.76. The van der Waals surface area contributed by atoms with E-state index in [2.05, 4.69) is 10.3 Å². The van der Waals surface area contributed by atoms with Gasteiger partial charge in [-0.15, -0.1) is 0 Å². The Morgan fingerprint density at radius 3 is 2.54 bits per heavy atom. The van der Waals surface area contributed by atoms with Crippen LogP contribution in [0.2, 0.25) is 0 Å². The molecule has 0 unspecified atom stereocenters. The molecule has 3 aromatic rings. The largest absolute Gasteiger partial charge is 0.339 e. The minimum absolute atomic E-state index is 0.00513. The highest BCUT2D eigenvalue weighted by Crippen LogP contribution is 2.25. The highest BCUT2D eigenvalue weighted by atomic mass is 16.2. The maximum Gasteiger partial charge on any atom is 0.259 e. The van der Waals surface area contributed by atoms with Crippen LogP contribution in [-0.2, 0) is 0 Å². The van der Waals surface area contributed by atoms with Gasteiger partial charge < -0.3 is 10.2 Å². The van der Waals surface area contributed by atoms with Crippen LogP contribution in [-0.4, -0.2) is 33.9 Å². The molecule has 1 amide bonds. The van der Waals surface area contributed by atoms with Crippen molar-refractivity contribution < 1.29 is 4.79 Å². The number of carbonyl (C=O) groups excluding carboxylic acids is 1. The lowest BCUT2D eigenvalue weighted by molar-refractivity contribution is 0.0724. The molecule has 0 bridgehead atoms. The van der Waals surface area contributed by atoms with Crippen LogP contribution >= 0.6 is 0 Å². The fraction of sp³-hybridized carbons (Fsp3) is 0.261. The van der Waals surface area contributed by atoms with E-state index in [-0.39, 0.29) is 5.91 Å². The van der Waals surface area contributed by atoms with E-state index >= 15 is 0 Å². The minimum atomic E-state index is -0.00513. The first-order valence-corrected chi connectivity index (χ1v) is 9.76. The lowest BCUT2D eigenvalue weighted by Gasteiger charge is -2.27. The Kier molecular flexibility index (Phi) is 5.33. The molecule has 1 aliphatic rings. The third-order valence-electron chi connectivity index (χ3n) is 4.98. The summed E-state index contributed by atoms with van der Waals surface area (Å²) in [6.07, 6.45) is 4.94. The fourth-order valence-electron chi connectivity index (χ4n) is 3.49. The monoisotopic (exact) mass is 372 g/mol. The molecule has 1 aromatic heterocycles. The first kappa shape index (κ1) is 18.2. The number of nitrogens with zero attached hydrogens (tertiary/aromatic N) is 3. The van der Waals surface area contributed by atoms with Crippen LogP contribution in [0.15, 0.2) is 60.8 Å². The Morgan fingerprint density at radius 2 is 1.79 bits per heavy atom. The summed E-state index contributed by atoms with van der Waals surface area (Å²) in [5.41, 5.74) is 3.49. The van der Waals surface area contributed by atoms with Gasteiger partial charge in [-0.25, -0.2) is 9.97 Å². The van der Waals surface area contributed by atoms with Crippen LogP contribution in [0.5, 0.6) is 0 Å². The Balaban J connectivity index is 1.72. The molecule has 1 N–H and O–H groups in total. The number of amides is 1. The van der Waals surface area contributed by atoms with E-state index in [9.17, 15) is 4.79 Å². The van der Waals surface area contributed by atoms with Crippen LogP contribution in [0.4, 0.5) is 11.5 Å². The number of nitrogens with one attached hydrogen (secondary N) is 1. The predicted octanol–water partition coefficient (Wildman–Crippen LogP) is 4.82. The SMILES string of the molecule is Cc1cccc(Nc2nc(-c3ccccc3)ncc2C(=O)N2CCCCC2)c1. The zero-order valence-corrected chi connectivity index (χ0v) is 16.1. The van der Waals surface area contributed by atoms with Gasteiger partial charge in [0.05, 0.1) is 0 Å². The first-order chi connectivity index (χ1) is 13.7. The number of hydrogen-bond donors (Lipinski definition) is 1. The Bertz CT molecular complexity index is 965. The Hall–Kier alpha value is -3.21. The summed E-state index contributed by atoms with van der Waals surface area (Å²) in [7, 11) is 0. The van der Waals surface area contributed by atoms with Gasteiger partial charge in [0, 0.05) is 30.5 Å². The van der Waals surface area contributed by atoms with E-state index < -0.39 is 0 Å². The summed E-state index contributed by atoms with van der Waals surface area (Å²) in [5.74, 6) is 1.15. The molecule has 4 rings (SSSR count). The zero-order valence-electron chi connectivity index (χ0n) is 16.1. The smallest absolute Gasteiger partial charge is 0.259 e. The zero-order chi connectivity index (χ0) is 19.3. The van der Waals surface area contributed by atoms with Gasteiger partial charge in [-0.1, -0.05) is 42.5 Å². The highest BCUT2D eigenvalue weighted by molar-refractivity contribution is 5.99. The van der Waals surface area contributed by atoms with Crippen molar-refractivity contribution in [2.24, 2.45) is 0 Å². The number of rotatable bonds is 4. The van der Waals surface area contributed by atoms with E-state index in [1.54, 1.807) is 6.20 Å². The molecule has 0 aliphatic carbocycles. The lowest BCUT2D eigenvalue weighted by Crippen LogP contribution is -2.36. The number of piperidine rings is 1. The molecule has 0 radical (unpaired) electrons. The normalized spacial score (nSPS) is 14.0. The third kappa shape index (κ3) is 4.03. The van der Waals surface area contributed by atoms with Crippen molar-refractivity contribution in [3.8, 4) is 11.4 Å². The summed E-state index contributed by atoms with van der Waals surface area (Å²) in [6, 6.07) is 17.9. The molecular weight excluding hydrogens is 348 g/mol. The van der Waals surface area contributed by atoms with Crippen molar-refractivity contribution in [1.82, 2.24) is 14.9 Å². The van der Waals surface area contributed by atoms with E-state index in [1.165, 1.54) is 6.42 Å². The lowest BCUT2D eigenvalue weighted by atomic mass is 10.1. The van der Waals surface area contributed by atoms with Crippen LogP contribution < -0.4 is 5.32 Å². The number of anilines is 2. The molecule has 0 atom stereocenters. The molecule has 0 spiro atoms. The molecule has 1 aliphatic heterocycles. The van der Waals surface area contributed by atoms with Crippen molar-refractivity contribution in [1.29, 1.82) is 0 Å². The maximum atomic E-state index is 13.1. The van der Waals surface area contributed by atoms with Crippen molar-refractivity contribution in [3.05, 3.63) is 71.9 Å². The molecule has 0 saturated carbocycles. The van der Waals surface area contributed by atoms with Crippen LogP contribution in [0, 0.1) is 6.92 Å². The number of benzene rings is 2. The Morgan fingerprint density at radius 1 is 1.00 bits per heavy atom. The molecule has 2 aromatic carbocycles. The standard InChI is InChI=1S/C23H24N4O/c1-17-9-8-12-19(15-17)25-22-20(23(28)27-13-6-3-7-14-27)16-24-21(26-22)18-10-4-2-5-11-18/h2,4-5,8-12,15-16H,3,6-7,13-14H2,1H3,(H,24,25,26). The summed E-state index contributed by atoms with van der Waals surface area (Å²) < 4.78 is 0. The van der Waals surface area contributed by atoms with E-state index in [4.69, 9.17) is 4.98 Å². The number of likely N-dealkylation sites (tertiary alicyclic amines) is 1. The molecule has 28 heavy (non-hydrogen) atoms. The maximum absolute atomic E-state index is 13.1. The van der Waals surface area contributed by atoms with Crippen molar-refractivity contribution in [3.63, 3.8) is 0 Å². The van der Waals surface area contributed by atoms with Crippen LogP contribution in [0.1, 0.15) is 35.2 Å². The van der Waals surface area contributed by atoms with Crippen LogP contribution in [0.25, 0.3) is 11.4 Å². The van der Waals surface area contributed by atoms with Gasteiger partial charge in [0.25, 0.3) is 5.91 Å². The molecule has 142 valence electrons. The second kappa shape index (κ2) is 8.21. The van der Waals surface area contributed by atoms with Gasteiger partial charge >= 0.3 is 0 Å². The van der Waals surface area contributed by atoms with Gasteiger partial charge in [-0.05, 0) is 43.9 Å². The summed E-state index contributed by atoms with van der Waals surface area (Å²) in [5, 5.41) is 3.34. The van der Waals surface area contributed by atoms with Crippen molar-refractivity contribution >= 4 is 17.4 Å². The third-order valence-corrected chi connectivity index (χ3v) is 4.98. The second-order valence-electron chi connectivity index (χ2n) is 7.17. The quantitative estimate of drug-likeness (QED) is 0.713. The minimum Gasteiger partial charge on any atom is -0.339 e. The number of aryl methyl sites for hydroxylation is 1. The molecule has 2 heterocycles. The Labute approximate surface area is 165 Å². The van der Waals surface area contributed by atoms with Gasteiger partial charge in [0.15, 0.2) is 5.82 Å². The fourth-order valence-corrected chi connectivity index (χ4v) is 3.49. The summed E-state index contributed by atoms with van der Waals surface area (Å²) in [4.78, 5) is 24.2. The van der Waals surface area contributed by atoms with Gasteiger partial charge in [-0.3, -0.25) is 4.79 Å². The predicted molar refractivity (Wildman–Crippen MR) is 112 cm³/mol. The van der Waals surface area contributed by atoms with E-state index in [1.807, 2.05) is 66.4 Å². The highest BCUT2D eigenvalue weighted by Gasteiger charge is 2.23. The van der Waals surface area contributed by atoms with Gasteiger partial charge in [-0.2, -0.15) is 0 Å². The molecule has 5 heteroatoms. The number of hydrogen-bond acceptors (Lipinski definition) is 4. The van der Waals surface area contributed by atoms with Crippen LogP contribution in [0.3, 0.4) is 0 Å². The summed E-state index contributed by atoms with van der Waals surface area (Å²) >= 11 is 0. The second-order valence-corrected chi connectivity index (χ2v) is 7.17. The van der Waals surface area contributed by atoms with Crippen molar-refractivity contribution in [2.45, 2.75) is 26.2 Å².